The first-order valence-electron chi connectivity index (χ1n) is 4.72. The molecule has 0 aliphatic rings. The van der Waals surface area contributed by atoms with E-state index in [0.29, 0.717) is 10.4 Å². The fourth-order valence-electron chi connectivity index (χ4n) is 1.45. The molecule has 1 aromatic carbocycles. The first-order chi connectivity index (χ1) is 6.91. The number of benzene rings is 1. The number of fused-ring (bicyclic) bond motifs is 1. The summed E-state index contributed by atoms with van der Waals surface area (Å²) in [6, 6.07) is 5.45. The predicted octanol–water partition coefficient (Wildman–Crippen LogP) is 3.47. The quantitative estimate of drug-likeness (QED) is 0.692. The van der Waals surface area contributed by atoms with E-state index in [2.05, 4.69) is 0 Å². The third-order valence-corrected chi connectivity index (χ3v) is 4.12. The molecule has 4 heteroatoms. The molecule has 0 atom stereocenters. The summed E-state index contributed by atoms with van der Waals surface area (Å²) in [4.78, 5) is 12.0. The molecular weight excluding hydrogens is 230 g/mol. The van der Waals surface area contributed by atoms with Crippen LogP contribution in [0.15, 0.2) is 23.0 Å². The molecule has 0 aliphatic heterocycles. The molecule has 0 aliphatic carbocycles. The van der Waals surface area contributed by atoms with E-state index in [1.54, 1.807) is 3.96 Å². The Labute approximate surface area is 97.2 Å². The average molecular weight is 242 g/mol. The Kier molecular flexibility index (Phi) is 2.40. The van der Waals surface area contributed by atoms with Gasteiger partial charge in [-0.2, -0.15) is 0 Å². The number of hydrogen-bond donors (Lipinski definition) is 0. The van der Waals surface area contributed by atoms with Gasteiger partial charge in [-0.05, 0) is 32.9 Å². The third-order valence-electron chi connectivity index (χ3n) is 2.17. The lowest BCUT2D eigenvalue weighted by Crippen LogP contribution is -2.29. The second-order valence-corrected chi connectivity index (χ2v) is 5.84. The van der Waals surface area contributed by atoms with Crippen LogP contribution < -0.4 is 5.56 Å². The van der Waals surface area contributed by atoms with Gasteiger partial charge in [-0.3, -0.25) is 8.75 Å². The number of nitrogens with zero attached hydrogens (tertiary/aromatic N) is 1. The first-order valence-corrected chi connectivity index (χ1v) is 5.87. The molecule has 0 amide bonds. The lowest BCUT2D eigenvalue weighted by Gasteiger charge is -2.17. The van der Waals surface area contributed by atoms with Crippen LogP contribution in [0.4, 0.5) is 0 Å². The monoisotopic (exact) mass is 241 g/mol. The Balaban J connectivity index is 2.87. The topological polar surface area (TPSA) is 22.0 Å². The summed E-state index contributed by atoms with van der Waals surface area (Å²) in [6.07, 6.45) is 0. The molecule has 0 spiro atoms. The van der Waals surface area contributed by atoms with Crippen LogP contribution in [0.25, 0.3) is 10.1 Å². The molecule has 2 nitrogen and oxygen atoms in total. The van der Waals surface area contributed by atoms with E-state index in [4.69, 9.17) is 11.6 Å². The van der Waals surface area contributed by atoms with Crippen LogP contribution in [0.3, 0.4) is 0 Å². The van der Waals surface area contributed by atoms with Crippen LogP contribution in [0, 0.1) is 0 Å². The molecule has 2 rings (SSSR count). The lowest BCUT2D eigenvalue weighted by molar-refractivity contribution is 0.420. The Hall–Kier alpha value is -0.800. The summed E-state index contributed by atoms with van der Waals surface area (Å²) in [5.74, 6) is 0. The van der Waals surface area contributed by atoms with Crippen molar-refractivity contribution >= 4 is 33.2 Å². The van der Waals surface area contributed by atoms with Gasteiger partial charge in [0.2, 0.25) is 0 Å². The number of aromatic nitrogens is 1. The van der Waals surface area contributed by atoms with E-state index in [-0.39, 0.29) is 11.1 Å². The van der Waals surface area contributed by atoms with E-state index < -0.39 is 0 Å². The number of hydrogen-bond acceptors (Lipinski definition) is 2. The first kappa shape index (κ1) is 10.7. The summed E-state index contributed by atoms with van der Waals surface area (Å²) in [5.41, 5.74) is -0.144. The number of rotatable bonds is 0. The Morgan fingerprint density at radius 2 is 2.00 bits per heavy atom. The van der Waals surface area contributed by atoms with Gasteiger partial charge in [0.1, 0.15) is 0 Å². The van der Waals surface area contributed by atoms with Gasteiger partial charge >= 0.3 is 0 Å². The Morgan fingerprint density at radius 1 is 1.33 bits per heavy atom. The van der Waals surface area contributed by atoms with Crippen molar-refractivity contribution in [2.45, 2.75) is 26.3 Å². The van der Waals surface area contributed by atoms with E-state index in [9.17, 15) is 4.79 Å². The van der Waals surface area contributed by atoms with Gasteiger partial charge in [-0.25, -0.2) is 0 Å². The molecule has 80 valence electrons. The van der Waals surface area contributed by atoms with Gasteiger partial charge in [0.05, 0.1) is 20.6 Å². The standard InChI is InChI=1S/C11H12ClNOS/c1-11(2,3)13-10(14)7-5-4-6-8(12)9(7)15-13/h4-6H,1-3H3. The molecule has 0 N–H and O–H groups in total. The summed E-state index contributed by atoms with van der Waals surface area (Å²) in [7, 11) is 0. The summed E-state index contributed by atoms with van der Waals surface area (Å²) in [6.45, 7) is 6.03. The molecule has 2 aromatic rings. The Bertz CT molecular complexity index is 562. The second-order valence-electron chi connectivity index (χ2n) is 4.48. The van der Waals surface area contributed by atoms with Crippen LogP contribution in [0.1, 0.15) is 20.8 Å². The van der Waals surface area contributed by atoms with E-state index in [0.717, 1.165) is 4.70 Å². The van der Waals surface area contributed by atoms with E-state index in [1.165, 1.54) is 11.5 Å². The molecule has 0 radical (unpaired) electrons. The van der Waals surface area contributed by atoms with Crippen molar-refractivity contribution in [2.75, 3.05) is 0 Å². The highest BCUT2D eigenvalue weighted by Crippen LogP contribution is 2.28. The van der Waals surface area contributed by atoms with Gasteiger partial charge in [-0.1, -0.05) is 29.2 Å². The normalized spacial score (nSPS) is 12.3. The minimum Gasteiger partial charge on any atom is -0.268 e. The highest BCUT2D eigenvalue weighted by atomic mass is 35.5. The fraction of sp³-hybridized carbons (Fsp3) is 0.364. The molecule has 1 heterocycles. The minimum atomic E-state index is -0.190. The van der Waals surface area contributed by atoms with Gasteiger partial charge in [0, 0.05) is 0 Å². The van der Waals surface area contributed by atoms with Crippen LogP contribution in [-0.2, 0) is 5.54 Å². The van der Waals surface area contributed by atoms with Crippen molar-refractivity contribution in [1.82, 2.24) is 3.96 Å². The molecule has 0 fully saturated rings. The van der Waals surface area contributed by atoms with Gasteiger partial charge in [-0.15, -0.1) is 0 Å². The van der Waals surface area contributed by atoms with Crippen molar-refractivity contribution in [3.8, 4) is 0 Å². The van der Waals surface area contributed by atoms with Crippen molar-refractivity contribution in [3.05, 3.63) is 33.6 Å². The van der Waals surface area contributed by atoms with E-state index in [1.807, 2.05) is 39.0 Å². The fourth-order valence-corrected chi connectivity index (χ4v) is 2.78. The maximum Gasteiger partial charge on any atom is 0.269 e. The highest BCUT2D eigenvalue weighted by molar-refractivity contribution is 7.14. The zero-order valence-electron chi connectivity index (χ0n) is 8.87. The zero-order valence-corrected chi connectivity index (χ0v) is 10.4. The van der Waals surface area contributed by atoms with E-state index >= 15 is 0 Å². The molecule has 15 heavy (non-hydrogen) atoms. The zero-order chi connectivity index (χ0) is 11.2. The van der Waals surface area contributed by atoms with Crippen molar-refractivity contribution in [1.29, 1.82) is 0 Å². The smallest absolute Gasteiger partial charge is 0.268 e. The Morgan fingerprint density at radius 3 is 2.53 bits per heavy atom. The SMILES string of the molecule is CC(C)(C)n1sc2c(Cl)cccc2c1=O. The minimum absolute atomic E-state index is 0.0463. The summed E-state index contributed by atoms with van der Waals surface area (Å²) in [5, 5.41) is 1.36. The summed E-state index contributed by atoms with van der Waals surface area (Å²) >= 11 is 7.48. The van der Waals surface area contributed by atoms with Gasteiger partial charge in [0.15, 0.2) is 0 Å². The van der Waals surface area contributed by atoms with Crippen molar-refractivity contribution in [3.63, 3.8) is 0 Å². The molecular formula is C11H12ClNOS. The van der Waals surface area contributed by atoms with Crippen LogP contribution in [0.5, 0.6) is 0 Å². The summed E-state index contributed by atoms with van der Waals surface area (Å²) < 4.78 is 2.64. The maximum atomic E-state index is 12.0. The molecule has 0 unspecified atom stereocenters. The molecule has 0 saturated heterocycles. The average Bonchev–Trinajstić information content (AvgIpc) is 2.45. The van der Waals surface area contributed by atoms with Gasteiger partial charge in [0.25, 0.3) is 5.56 Å². The molecule has 1 aromatic heterocycles. The highest BCUT2D eigenvalue weighted by Gasteiger charge is 2.19. The largest absolute Gasteiger partial charge is 0.269 e. The molecule has 0 bridgehead atoms. The van der Waals surface area contributed by atoms with Crippen LogP contribution >= 0.6 is 23.1 Å². The van der Waals surface area contributed by atoms with Crippen molar-refractivity contribution < 1.29 is 0 Å². The molecule has 0 saturated carbocycles. The van der Waals surface area contributed by atoms with Gasteiger partial charge < -0.3 is 0 Å². The third kappa shape index (κ3) is 1.70. The number of halogens is 1. The lowest BCUT2D eigenvalue weighted by atomic mass is 10.1. The maximum absolute atomic E-state index is 12.0. The van der Waals surface area contributed by atoms with Crippen LogP contribution in [-0.4, -0.2) is 3.96 Å². The predicted molar refractivity (Wildman–Crippen MR) is 66.1 cm³/mol. The second kappa shape index (κ2) is 3.35. The van der Waals surface area contributed by atoms with Crippen LogP contribution in [0.2, 0.25) is 5.02 Å². The van der Waals surface area contributed by atoms with Crippen molar-refractivity contribution in [2.24, 2.45) is 0 Å².